The minimum atomic E-state index is 0.189. The second kappa shape index (κ2) is 7.99. The minimum absolute atomic E-state index is 0.189. The molecule has 1 aliphatic heterocycles. The van der Waals surface area contributed by atoms with E-state index in [1.807, 2.05) is 62.4 Å². The maximum absolute atomic E-state index is 5.64. The lowest BCUT2D eigenvalue weighted by atomic mass is 10.2. The Morgan fingerprint density at radius 3 is 2.11 bits per heavy atom. The first-order chi connectivity index (χ1) is 13.7. The molecule has 0 amide bonds. The van der Waals surface area contributed by atoms with Crippen LogP contribution < -0.4 is 25.4 Å². The number of nitrogens with one attached hydrogen (secondary N) is 3. The van der Waals surface area contributed by atoms with Crippen LogP contribution in [0.5, 0.6) is 11.5 Å². The maximum atomic E-state index is 5.64. The molecule has 28 heavy (non-hydrogen) atoms. The zero-order valence-corrected chi connectivity index (χ0v) is 15.8. The van der Waals surface area contributed by atoms with Crippen molar-refractivity contribution < 1.29 is 9.47 Å². The molecule has 0 saturated heterocycles. The van der Waals surface area contributed by atoms with Crippen molar-refractivity contribution in [3.05, 3.63) is 48.5 Å². The third-order valence-corrected chi connectivity index (χ3v) is 3.88. The Balaban J connectivity index is 1.60. The third kappa shape index (κ3) is 4.40. The third-order valence-electron chi connectivity index (χ3n) is 3.88. The average molecular weight is 378 g/mol. The first-order valence-corrected chi connectivity index (χ1v) is 9.17. The van der Waals surface area contributed by atoms with Crippen LogP contribution in [0.4, 0.5) is 29.2 Å². The quantitative estimate of drug-likeness (QED) is 0.594. The van der Waals surface area contributed by atoms with Crippen molar-refractivity contribution in [2.45, 2.75) is 19.9 Å². The predicted molar refractivity (Wildman–Crippen MR) is 109 cm³/mol. The highest BCUT2D eigenvalue weighted by molar-refractivity contribution is 5.62. The highest BCUT2D eigenvalue weighted by atomic mass is 16.6. The first-order valence-electron chi connectivity index (χ1n) is 9.17. The van der Waals surface area contributed by atoms with E-state index >= 15 is 0 Å². The molecule has 0 atom stereocenters. The molecule has 1 aromatic heterocycles. The van der Waals surface area contributed by atoms with Gasteiger partial charge in [-0.15, -0.1) is 0 Å². The molecule has 0 bridgehead atoms. The summed E-state index contributed by atoms with van der Waals surface area (Å²) in [6.45, 7) is 5.16. The SMILES string of the molecule is CC(C)Nc1nc(Nc2ccccc2)nc(Nc2ccc3c(c2)OCCO3)n1. The van der Waals surface area contributed by atoms with Gasteiger partial charge in [-0.25, -0.2) is 0 Å². The van der Waals surface area contributed by atoms with Gasteiger partial charge in [0, 0.05) is 23.5 Å². The fourth-order valence-electron chi connectivity index (χ4n) is 2.71. The average Bonchev–Trinajstić information content (AvgIpc) is 2.68. The van der Waals surface area contributed by atoms with Gasteiger partial charge in [-0.1, -0.05) is 18.2 Å². The summed E-state index contributed by atoms with van der Waals surface area (Å²) in [5.74, 6) is 2.80. The molecule has 0 spiro atoms. The largest absolute Gasteiger partial charge is 0.486 e. The molecule has 0 radical (unpaired) electrons. The smallest absolute Gasteiger partial charge is 0.233 e. The number of hydrogen-bond acceptors (Lipinski definition) is 8. The van der Waals surface area contributed by atoms with Gasteiger partial charge in [-0.2, -0.15) is 15.0 Å². The summed E-state index contributed by atoms with van der Waals surface area (Å²) in [7, 11) is 0. The molecule has 4 rings (SSSR count). The topological polar surface area (TPSA) is 93.2 Å². The van der Waals surface area contributed by atoms with Crippen LogP contribution in [0.25, 0.3) is 0 Å². The minimum Gasteiger partial charge on any atom is -0.486 e. The number of anilines is 5. The number of fused-ring (bicyclic) bond motifs is 1. The Morgan fingerprint density at radius 1 is 0.750 bits per heavy atom. The zero-order valence-electron chi connectivity index (χ0n) is 15.8. The van der Waals surface area contributed by atoms with Crippen LogP contribution in [0.1, 0.15) is 13.8 Å². The number of benzene rings is 2. The van der Waals surface area contributed by atoms with E-state index in [4.69, 9.17) is 9.47 Å². The van der Waals surface area contributed by atoms with Crippen LogP contribution in [-0.4, -0.2) is 34.2 Å². The Morgan fingerprint density at radius 2 is 1.39 bits per heavy atom. The molecule has 0 unspecified atom stereocenters. The number of rotatable bonds is 6. The van der Waals surface area contributed by atoms with Gasteiger partial charge in [-0.3, -0.25) is 0 Å². The monoisotopic (exact) mass is 378 g/mol. The summed E-state index contributed by atoms with van der Waals surface area (Å²) in [5.41, 5.74) is 1.70. The number of para-hydroxylation sites is 1. The summed E-state index contributed by atoms with van der Waals surface area (Å²) < 4.78 is 11.2. The molecule has 0 aliphatic carbocycles. The van der Waals surface area contributed by atoms with Crippen molar-refractivity contribution in [2.75, 3.05) is 29.2 Å². The van der Waals surface area contributed by atoms with Crippen molar-refractivity contribution in [2.24, 2.45) is 0 Å². The van der Waals surface area contributed by atoms with Gasteiger partial charge < -0.3 is 25.4 Å². The molecule has 3 aromatic rings. The highest BCUT2D eigenvalue weighted by Crippen LogP contribution is 2.33. The first kappa shape index (κ1) is 17.8. The van der Waals surface area contributed by atoms with E-state index in [1.165, 1.54) is 0 Å². The van der Waals surface area contributed by atoms with Crippen molar-refractivity contribution >= 4 is 29.2 Å². The van der Waals surface area contributed by atoms with Crippen LogP contribution in [0.15, 0.2) is 48.5 Å². The molecule has 2 aromatic carbocycles. The normalized spacial score (nSPS) is 12.5. The Hall–Kier alpha value is -3.55. The molecular formula is C20H22N6O2. The summed E-state index contributed by atoms with van der Waals surface area (Å²) in [6.07, 6.45) is 0. The van der Waals surface area contributed by atoms with Gasteiger partial charge >= 0.3 is 0 Å². The van der Waals surface area contributed by atoms with Crippen LogP contribution >= 0.6 is 0 Å². The van der Waals surface area contributed by atoms with Crippen LogP contribution in [-0.2, 0) is 0 Å². The molecule has 144 valence electrons. The summed E-state index contributed by atoms with van der Waals surface area (Å²) >= 11 is 0. The van der Waals surface area contributed by atoms with Gasteiger partial charge in [0.1, 0.15) is 13.2 Å². The predicted octanol–water partition coefficient (Wildman–Crippen LogP) is 3.95. The lowest BCUT2D eigenvalue weighted by Crippen LogP contribution is -2.16. The van der Waals surface area contributed by atoms with E-state index in [1.54, 1.807) is 0 Å². The van der Waals surface area contributed by atoms with Gasteiger partial charge in [0.15, 0.2) is 11.5 Å². The van der Waals surface area contributed by atoms with Crippen LogP contribution in [0.3, 0.4) is 0 Å². The molecule has 1 aliphatic rings. The Kier molecular flexibility index (Phi) is 5.09. The van der Waals surface area contributed by atoms with E-state index in [0.717, 1.165) is 17.1 Å². The molecule has 2 heterocycles. The van der Waals surface area contributed by atoms with Crippen molar-refractivity contribution in [3.63, 3.8) is 0 Å². The van der Waals surface area contributed by atoms with E-state index in [2.05, 4.69) is 30.9 Å². The lowest BCUT2D eigenvalue weighted by Gasteiger charge is -2.19. The van der Waals surface area contributed by atoms with E-state index in [-0.39, 0.29) is 6.04 Å². The Labute approximate surface area is 163 Å². The van der Waals surface area contributed by atoms with Gasteiger partial charge in [0.2, 0.25) is 17.8 Å². The number of hydrogen-bond donors (Lipinski definition) is 3. The van der Waals surface area contributed by atoms with Gasteiger partial charge in [0.25, 0.3) is 0 Å². The summed E-state index contributed by atoms with van der Waals surface area (Å²) in [5, 5.41) is 9.64. The molecule has 3 N–H and O–H groups in total. The Bertz CT molecular complexity index is 949. The second-order valence-corrected chi connectivity index (χ2v) is 6.58. The number of ether oxygens (including phenoxy) is 2. The standard InChI is InChI=1S/C20H22N6O2/c1-13(2)21-18-24-19(22-14-6-4-3-5-7-14)26-20(25-18)23-15-8-9-16-17(12-15)28-11-10-27-16/h3-9,12-13H,10-11H2,1-2H3,(H3,21,22,23,24,25,26). The fraction of sp³-hybridized carbons (Fsp3) is 0.250. The van der Waals surface area contributed by atoms with E-state index in [0.29, 0.717) is 36.8 Å². The fourth-order valence-corrected chi connectivity index (χ4v) is 2.71. The molecule has 0 fully saturated rings. The summed E-state index contributed by atoms with van der Waals surface area (Å²) in [4.78, 5) is 13.4. The molecular weight excluding hydrogens is 356 g/mol. The van der Waals surface area contributed by atoms with Crippen molar-refractivity contribution in [1.82, 2.24) is 15.0 Å². The number of nitrogens with zero attached hydrogens (tertiary/aromatic N) is 3. The van der Waals surface area contributed by atoms with Crippen LogP contribution in [0.2, 0.25) is 0 Å². The molecule has 8 heteroatoms. The van der Waals surface area contributed by atoms with Gasteiger partial charge in [0.05, 0.1) is 0 Å². The zero-order chi connectivity index (χ0) is 19.3. The lowest BCUT2D eigenvalue weighted by molar-refractivity contribution is 0.171. The van der Waals surface area contributed by atoms with Gasteiger partial charge in [-0.05, 0) is 38.1 Å². The van der Waals surface area contributed by atoms with Crippen molar-refractivity contribution in [3.8, 4) is 11.5 Å². The summed E-state index contributed by atoms with van der Waals surface area (Å²) in [6, 6.07) is 15.6. The highest BCUT2D eigenvalue weighted by Gasteiger charge is 2.13. The van der Waals surface area contributed by atoms with E-state index in [9.17, 15) is 0 Å². The van der Waals surface area contributed by atoms with Crippen LogP contribution in [0, 0.1) is 0 Å². The molecule has 8 nitrogen and oxygen atoms in total. The van der Waals surface area contributed by atoms with E-state index < -0.39 is 0 Å². The van der Waals surface area contributed by atoms with Crippen molar-refractivity contribution in [1.29, 1.82) is 0 Å². The second-order valence-electron chi connectivity index (χ2n) is 6.58. The maximum Gasteiger partial charge on any atom is 0.233 e. The molecule has 0 saturated carbocycles. The number of aromatic nitrogens is 3.